The van der Waals surface area contributed by atoms with Crippen LogP contribution >= 0.6 is 0 Å². The SMILES string of the molecule is COCc1cccc(C2(C(=O)O)CCC(F)(F)CC2)c1. The number of alkyl halides is 2. The Morgan fingerprint density at radius 1 is 1.30 bits per heavy atom. The third-order valence-corrected chi connectivity index (χ3v) is 4.04. The summed E-state index contributed by atoms with van der Waals surface area (Å²) in [6.07, 6.45) is -0.834. The fourth-order valence-electron chi connectivity index (χ4n) is 2.79. The van der Waals surface area contributed by atoms with Gasteiger partial charge in [0.15, 0.2) is 0 Å². The van der Waals surface area contributed by atoms with Gasteiger partial charge < -0.3 is 9.84 Å². The summed E-state index contributed by atoms with van der Waals surface area (Å²) in [6, 6.07) is 7.04. The number of carbonyl (C=O) groups is 1. The van der Waals surface area contributed by atoms with Crippen molar-refractivity contribution in [3.8, 4) is 0 Å². The molecule has 1 N–H and O–H groups in total. The van der Waals surface area contributed by atoms with Gasteiger partial charge in [-0.1, -0.05) is 24.3 Å². The zero-order valence-electron chi connectivity index (χ0n) is 11.4. The van der Waals surface area contributed by atoms with E-state index in [2.05, 4.69) is 0 Å². The van der Waals surface area contributed by atoms with Crippen LogP contribution in [0.4, 0.5) is 8.78 Å². The van der Waals surface area contributed by atoms with Crippen molar-refractivity contribution in [1.29, 1.82) is 0 Å². The normalized spacial score (nSPS) is 20.6. The molecule has 0 heterocycles. The minimum Gasteiger partial charge on any atom is -0.481 e. The van der Waals surface area contributed by atoms with Gasteiger partial charge in [0.2, 0.25) is 5.92 Å². The Morgan fingerprint density at radius 3 is 2.50 bits per heavy atom. The van der Waals surface area contributed by atoms with Crippen molar-refractivity contribution in [1.82, 2.24) is 0 Å². The first-order chi connectivity index (χ1) is 9.39. The van der Waals surface area contributed by atoms with E-state index >= 15 is 0 Å². The van der Waals surface area contributed by atoms with Crippen molar-refractivity contribution in [2.75, 3.05) is 7.11 Å². The molecular weight excluding hydrogens is 266 g/mol. The highest BCUT2D eigenvalue weighted by Gasteiger charge is 2.49. The molecule has 110 valence electrons. The molecule has 1 aromatic rings. The largest absolute Gasteiger partial charge is 0.481 e. The van der Waals surface area contributed by atoms with Gasteiger partial charge in [-0.05, 0) is 24.0 Å². The summed E-state index contributed by atoms with van der Waals surface area (Å²) < 4.78 is 31.7. The van der Waals surface area contributed by atoms with E-state index in [1.165, 1.54) is 0 Å². The summed E-state index contributed by atoms with van der Waals surface area (Å²) in [5, 5.41) is 9.56. The van der Waals surface area contributed by atoms with Gasteiger partial charge in [0.1, 0.15) is 0 Å². The average Bonchev–Trinajstić information content (AvgIpc) is 2.39. The van der Waals surface area contributed by atoms with E-state index in [1.54, 1.807) is 25.3 Å². The summed E-state index contributed by atoms with van der Waals surface area (Å²) in [4.78, 5) is 11.7. The molecule has 2 rings (SSSR count). The van der Waals surface area contributed by atoms with Gasteiger partial charge >= 0.3 is 5.97 Å². The van der Waals surface area contributed by atoms with Crippen LogP contribution in [0, 0.1) is 0 Å². The summed E-state index contributed by atoms with van der Waals surface area (Å²) in [5.41, 5.74) is 0.240. The minimum absolute atomic E-state index is 0.0359. The molecule has 1 aromatic carbocycles. The predicted octanol–water partition coefficient (Wildman–Crippen LogP) is 3.36. The number of ether oxygens (including phenoxy) is 1. The number of carboxylic acids is 1. The number of rotatable bonds is 4. The zero-order chi connectivity index (χ0) is 14.8. The monoisotopic (exact) mass is 284 g/mol. The summed E-state index contributed by atoms with van der Waals surface area (Å²) >= 11 is 0. The highest BCUT2D eigenvalue weighted by atomic mass is 19.3. The first-order valence-corrected chi connectivity index (χ1v) is 6.59. The lowest BCUT2D eigenvalue weighted by atomic mass is 9.68. The van der Waals surface area contributed by atoms with E-state index in [9.17, 15) is 18.7 Å². The van der Waals surface area contributed by atoms with Crippen LogP contribution in [-0.2, 0) is 21.6 Å². The fourth-order valence-corrected chi connectivity index (χ4v) is 2.79. The first-order valence-electron chi connectivity index (χ1n) is 6.59. The average molecular weight is 284 g/mol. The Hall–Kier alpha value is -1.49. The van der Waals surface area contributed by atoms with Crippen molar-refractivity contribution in [2.24, 2.45) is 0 Å². The van der Waals surface area contributed by atoms with Crippen LogP contribution in [-0.4, -0.2) is 24.1 Å². The van der Waals surface area contributed by atoms with E-state index in [1.807, 2.05) is 6.07 Å². The summed E-state index contributed by atoms with van der Waals surface area (Å²) in [6.45, 7) is 0.375. The van der Waals surface area contributed by atoms with Crippen molar-refractivity contribution in [3.63, 3.8) is 0 Å². The zero-order valence-corrected chi connectivity index (χ0v) is 11.4. The number of carboxylic acid groups (broad SMARTS) is 1. The molecule has 0 bridgehead atoms. The lowest BCUT2D eigenvalue weighted by Crippen LogP contribution is -2.42. The van der Waals surface area contributed by atoms with Crippen LogP contribution in [0.5, 0.6) is 0 Å². The number of methoxy groups -OCH3 is 1. The molecule has 0 spiro atoms. The second kappa shape index (κ2) is 5.48. The van der Waals surface area contributed by atoms with Gasteiger partial charge in [0.25, 0.3) is 0 Å². The standard InChI is InChI=1S/C15H18F2O3/c1-20-10-11-3-2-4-12(9-11)14(13(18)19)5-7-15(16,17)8-6-14/h2-4,9H,5-8,10H2,1H3,(H,18,19). The third-order valence-electron chi connectivity index (χ3n) is 4.04. The summed E-state index contributed by atoms with van der Waals surface area (Å²) in [7, 11) is 1.56. The molecule has 0 aliphatic heterocycles. The predicted molar refractivity (Wildman–Crippen MR) is 69.9 cm³/mol. The van der Waals surface area contributed by atoms with Crippen LogP contribution in [0.2, 0.25) is 0 Å². The molecule has 5 heteroatoms. The Kier molecular flexibility index (Phi) is 4.09. The van der Waals surface area contributed by atoms with Crippen LogP contribution in [0.25, 0.3) is 0 Å². The maximum absolute atomic E-state index is 13.3. The Labute approximate surface area is 116 Å². The van der Waals surface area contributed by atoms with E-state index < -0.39 is 17.3 Å². The van der Waals surface area contributed by atoms with Gasteiger partial charge in [0.05, 0.1) is 12.0 Å². The van der Waals surface area contributed by atoms with Crippen molar-refractivity contribution >= 4 is 5.97 Å². The smallest absolute Gasteiger partial charge is 0.314 e. The van der Waals surface area contributed by atoms with Gasteiger partial charge in [-0.2, -0.15) is 0 Å². The minimum atomic E-state index is -2.75. The molecule has 1 aliphatic rings. The van der Waals surface area contributed by atoms with Crippen molar-refractivity contribution in [3.05, 3.63) is 35.4 Å². The van der Waals surface area contributed by atoms with Crippen molar-refractivity contribution in [2.45, 2.75) is 43.6 Å². The molecule has 0 aromatic heterocycles. The molecule has 0 radical (unpaired) electrons. The number of benzene rings is 1. The van der Waals surface area contributed by atoms with Crippen LogP contribution < -0.4 is 0 Å². The Morgan fingerprint density at radius 2 is 1.95 bits per heavy atom. The van der Waals surface area contributed by atoms with Gasteiger partial charge in [0, 0.05) is 20.0 Å². The quantitative estimate of drug-likeness (QED) is 0.922. The highest BCUT2D eigenvalue weighted by molar-refractivity contribution is 5.81. The Bertz CT molecular complexity index is 490. The van der Waals surface area contributed by atoms with Crippen LogP contribution in [0.15, 0.2) is 24.3 Å². The molecule has 1 saturated carbocycles. The second-order valence-electron chi connectivity index (χ2n) is 5.38. The molecule has 0 unspecified atom stereocenters. The van der Waals surface area contributed by atoms with Crippen LogP contribution in [0.1, 0.15) is 36.8 Å². The van der Waals surface area contributed by atoms with E-state index in [0.717, 1.165) is 5.56 Å². The molecule has 1 fully saturated rings. The highest BCUT2D eigenvalue weighted by Crippen LogP contribution is 2.45. The maximum Gasteiger partial charge on any atom is 0.314 e. The number of hydrogen-bond donors (Lipinski definition) is 1. The topological polar surface area (TPSA) is 46.5 Å². The van der Waals surface area contributed by atoms with Crippen molar-refractivity contribution < 1.29 is 23.4 Å². The lowest BCUT2D eigenvalue weighted by molar-refractivity contribution is -0.149. The van der Waals surface area contributed by atoms with Crippen LogP contribution in [0.3, 0.4) is 0 Å². The third kappa shape index (κ3) is 2.82. The Balaban J connectivity index is 2.34. The first kappa shape index (κ1) is 14.9. The molecule has 0 amide bonds. The molecule has 0 atom stereocenters. The fraction of sp³-hybridized carbons (Fsp3) is 0.533. The maximum atomic E-state index is 13.3. The van der Waals surface area contributed by atoms with Gasteiger partial charge in [-0.3, -0.25) is 4.79 Å². The summed E-state index contributed by atoms with van der Waals surface area (Å²) in [5.74, 6) is -3.77. The van der Waals surface area contributed by atoms with Gasteiger partial charge in [-0.25, -0.2) is 8.78 Å². The molecule has 20 heavy (non-hydrogen) atoms. The molecule has 1 aliphatic carbocycles. The second-order valence-corrected chi connectivity index (χ2v) is 5.38. The number of hydrogen-bond acceptors (Lipinski definition) is 2. The van der Waals surface area contributed by atoms with E-state index in [0.29, 0.717) is 12.2 Å². The number of halogens is 2. The number of aliphatic carboxylic acids is 1. The molecule has 3 nitrogen and oxygen atoms in total. The molecule has 0 saturated heterocycles. The lowest BCUT2D eigenvalue weighted by Gasteiger charge is -2.37. The van der Waals surface area contributed by atoms with Gasteiger partial charge in [-0.15, -0.1) is 0 Å². The van der Waals surface area contributed by atoms with E-state index in [4.69, 9.17) is 4.74 Å². The molecular formula is C15H18F2O3. The van der Waals surface area contributed by atoms with E-state index in [-0.39, 0.29) is 25.7 Å².